The molecule has 0 unspecified atom stereocenters. The second-order valence-corrected chi connectivity index (χ2v) is 13.6. The van der Waals surface area contributed by atoms with Crippen LogP contribution in [0.4, 0.5) is 15.0 Å². The van der Waals surface area contributed by atoms with Gasteiger partial charge in [0, 0.05) is 29.3 Å². The molecule has 2 aromatic heterocycles. The number of carboxylic acids is 1. The molecule has 10 nitrogen and oxygen atoms in total. The number of carbonyl (C=O) groups is 2. The number of nitrogens with zero attached hydrogens (tertiary/aromatic N) is 2. The quantitative estimate of drug-likeness (QED) is 0.122. The van der Waals surface area contributed by atoms with E-state index in [4.69, 9.17) is 9.84 Å². The van der Waals surface area contributed by atoms with Gasteiger partial charge in [-0.25, -0.2) is 18.7 Å². The molecule has 0 aliphatic carbocycles. The molecule has 0 atom stereocenters. The largest absolute Gasteiger partial charge is 0.487 e. The van der Waals surface area contributed by atoms with Crippen molar-refractivity contribution in [3.05, 3.63) is 127 Å². The molecule has 254 valence electrons. The average molecular weight is 731 g/mol. The fraction of sp³-hybridized carbons (Fsp3) is 0.243. The smallest absolute Gasteiger partial charge is 0.335 e. The number of H-pyrrole nitrogens is 1. The summed E-state index contributed by atoms with van der Waals surface area (Å²) in [6.07, 6.45) is 0. The van der Waals surface area contributed by atoms with Crippen LogP contribution in [-0.4, -0.2) is 31.9 Å². The minimum absolute atomic E-state index is 0.0325. The Balaban J connectivity index is 1.39. The van der Waals surface area contributed by atoms with Crippen LogP contribution in [0.15, 0.2) is 76.0 Å². The van der Waals surface area contributed by atoms with Crippen LogP contribution in [0.3, 0.4) is 0 Å². The van der Waals surface area contributed by atoms with Crippen LogP contribution >= 0.6 is 15.9 Å². The number of aromatic nitrogens is 3. The van der Waals surface area contributed by atoms with Crippen LogP contribution in [0.2, 0.25) is 0 Å². The number of hydrogen-bond donors (Lipinski definition) is 4. The van der Waals surface area contributed by atoms with Gasteiger partial charge in [0.25, 0.3) is 5.56 Å². The zero-order chi connectivity index (χ0) is 35.6. The van der Waals surface area contributed by atoms with Gasteiger partial charge in [0.2, 0.25) is 0 Å². The van der Waals surface area contributed by atoms with Crippen molar-refractivity contribution < 1.29 is 23.8 Å². The topological polar surface area (TPSA) is 138 Å². The van der Waals surface area contributed by atoms with Crippen molar-refractivity contribution in [3.8, 4) is 22.6 Å². The molecule has 0 saturated carbocycles. The van der Waals surface area contributed by atoms with Gasteiger partial charge in [0.1, 0.15) is 28.5 Å². The Bertz CT molecular complexity index is 2120. The summed E-state index contributed by atoms with van der Waals surface area (Å²) < 4.78 is 22.5. The number of halogens is 2. The van der Waals surface area contributed by atoms with Crippen LogP contribution in [-0.2, 0) is 18.6 Å². The lowest BCUT2D eigenvalue weighted by atomic mass is 9.92. The Kier molecular flexibility index (Phi) is 10.1. The summed E-state index contributed by atoms with van der Waals surface area (Å²) in [7, 11) is 0. The summed E-state index contributed by atoms with van der Waals surface area (Å²) in [5.74, 6) is -0.917. The molecular formula is C37H37BrFN5O5. The van der Waals surface area contributed by atoms with Gasteiger partial charge in [-0.2, -0.15) is 5.10 Å². The summed E-state index contributed by atoms with van der Waals surface area (Å²) in [5.41, 5.74) is 5.39. The Morgan fingerprint density at radius 1 is 1.00 bits per heavy atom. The third kappa shape index (κ3) is 7.92. The normalized spacial score (nSPS) is 11.3. The standard InChI is InChI=1S/C37H37BrFN5O5/c1-20-7-13-27(14-8-20)44-30(17-29(43-44)37(4,5)6)42-36(48)40-18-25-15-26(39)12-11-24(25)19-49-33-31(22(3)41-34(45)32(33)38)28-16-23(35(46)47)10-9-21(28)2/h7-17H,18-19H2,1-6H3,(H,41,45)(H,46,47)(H2,40,42,48). The zero-order valence-corrected chi connectivity index (χ0v) is 29.6. The highest BCUT2D eigenvalue weighted by Crippen LogP contribution is 2.39. The van der Waals surface area contributed by atoms with Crippen LogP contribution in [0.25, 0.3) is 16.8 Å². The number of rotatable bonds is 9. The van der Waals surface area contributed by atoms with Gasteiger partial charge in [-0.15, -0.1) is 0 Å². The van der Waals surface area contributed by atoms with Crippen molar-refractivity contribution in [2.45, 2.75) is 60.1 Å². The van der Waals surface area contributed by atoms with Crippen LogP contribution in [0.5, 0.6) is 5.75 Å². The average Bonchev–Trinajstić information content (AvgIpc) is 3.46. The lowest BCUT2D eigenvalue weighted by molar-refractivity contribution is 0.0697. The summed E-state index contributed by atoms with van der Waals surface area (Å²) >= 11 is 3.34. The first kappa shape index (κ1) is 35.1. The predicted octanol–water partition coefficient (Wildman–Crippen LogP) is 7.95. The summed E-state index contributed by atoms with van der Waals surface area (Å²) in [4.78, 5) is 40.5. The van der Waals surface area contributed by atoms with E-state index in [1.807, 2.05) is 65.0 Å². The fourth-order valence-corrected chi connectivity index (χ4v) is 5.67. The predicted molar refractivity (Wildman–Crippen MR) is 190 cm³/mol. The maximum absolute atomic E-state index is 14.5. The van der Waals surface area contributed by atoms with Crippen molar-refractivity contribution in [3.63, 3.8) is 0 Å². The van der Waals surface area contributed by atoms with E-state index < -0.39 is 23.4 Å². The van der Waals surface area contributed by atoms with Gasteiger partial charge in [-0.1, -0.05) is 50.6 Å². The summed E-state index contributed by atoms with van der Waals surface area (Å²) in [6.45, 7) is 11.5. The molecular weight excluding hydrogens is 693 g/mol. The Morgan fingerprint density at radius 3 is 2.39 bits per heavy atom. The van der Waals surface area contributed by atoms with Crippen molar-refractivity contribution in [1.82, 2.24) is 20.1 Å². The summed E-state index contributed by atoms with van der Waals surface area (Å²) in [5, 5.41) is 20.0. The lowest BCUT2D eigenvalue weighted by Crippen LogP contribution is -2.29. The molecule has 4 N–H and O–H groups in total. The Hall–Kier alpha value is -5.23. The van der Waals surface area contributed by atoms with Gasteiger partial charge in [0.05, 0.1) is 16.9 Å². The van der Waals surface area contributed by atoms with Crippen LogP contribution < -0.4 is 20.9 Å². The molecule has 5 aromatic rings. The number of urea groups is 1. The SMILES string of the molecule is Cc1ccc(-n2nc(C(C)(C)C)cc2NC(=O)NCc2cc(F)ccc2COc2c(-c3cc(C(=O)O)ccc3C)c(C)[nH]c(=O)c2Br)cc1. The first-order chi connectivity index (χ1) is 23.1. The van der Waals surface area contributed by atoms with Crippen molar-refractivity contribution in [2.75, 3.05) is 5.32 Å². The van der Waals surface area contributed by atoms with Gasteiger partial charge in [-0.05, 0) is 95.4 Å². The number of aromatic carboxylic acids is 1. The molecule has 2 amide bonds. The maximum Gasteiger partial charge on any atom is 0.335 e. The molecule has 0 aliphatic heterocycles. The van der Waals surface area contributed by atoms with E-state index in [9.17, 15) is 23.9 Å². The number of anilines is 1. The first-order valence-corrected chi connectivity index (χ1v) is 16.3. The lowest BCUT2D eigenvalue weighted by Gasteiger charge is -2.19. The van der Waals surface area contributed by atoms with Crippen molar-refractivity contribution in [2.24, 2.45) is 0 Å². The van der Waals surface area contributed by atoms with E-state index in [2.05, 4.69) is 31.5 Å². The number of pyridine rings is 1. The van der Waals surface area contributed by atoms with Gasteiger partial charge < -0.3 is 20.1 Å². The maximum atomic E-state index is 14.5. The number of carbonyl (C=O) groups excluding carboxylic acids is 1. The van der Waals surface area contributed by atoms with Gasteiger partial charge in [-0.3, -0.25) is 10.1 Å². The van der Waals surface area contributed by atoms with Gasteiger partial charge in [0.15, 0.2) is 0 Å². The fourth-order valence-electron chi connectivity index (χ4n) is 5.26. The van der Waals surface area contributed by atoms with Gasteiger partial charge >= 0.3 is 12.0 Å². The number of nitrogens with one attached hydrogen (secondary N) is 3. The van der Waals surface area contributed by atoms with E-state index >= 15 is 0 Å². The number of benzene rings is 3. The zero-order valence-electron chi connectivity index (χ0n) is 28.0. The minimum atomic E-state index is -1.09. The number of amides is 2. The second-order valence-electron chi connectivity index (χ2n) is 12.9. The van der Waals surface area contributed by atoms with Crippen molar-refractivity contribution >= 4 is 33.7 Å². The monoisotopic (exact) mass is 729 g/mol. The minimum Gasteiger partial charge on any atom is -0.487 e. The highest BCUT2D eigenvalue weighted by atomic mass is 79.9. The second kappa shape index (κ2) is 14.1. The summed E-state index contributed by atoms with van der Waals surface area (Å²) in [6, 6.07) is 18.0. The molecule has 12 heteroatoms. The molecule has 0 radical (unpaired) electrons. The van der Waals surface area contributed by atoms with E-state index in [-0.39, 0.29) is 34.4 Å². The highest BCUT2D eigenvalue weighted by molar-refractivity contribution is 9.10. The number of carboxylic acid groups (broad SMARTS) is 1. The van der Waals surface area contributed by atoms with Crippen molar-refractivity contribution in [1.29, 1.82) is 0 Å². The third-order valence-corrected chi connectivity index (χ3v) is 8.75. The molecule has 0 spiro atoms. The van der Waals surface area contributed by atoms with E-state index in [0.717, 1.165) is 22.5 Å². The molecule has 5 rings (SSSR count). The first-order valence-electron chi connectivity index (χ1n) is 15.5. The molecule has 3 aromatic carbocycles. The molecule has 49 heavy (non-hydrogen) atoms. The number of aromatic amines is 1. The number of aryl methyl sites for hydroxylation is 3. The van der Waals surface area contributed by atoms with Crippen LogP contribution in [0.1, 0.15) is 64.8 Å². The number of ether oxygens (including phenoxy) is 1. The van der Waals surface area contributed by atoms with E-state index in [1.165, 1.54) is 24.3 Å². The third-order valence-electron chi connectivity index (χ3n) is 8.03. The van der Waals surface area contributed by atoms with E-state index in [1.54, 1.807) is 23.7 Å². The molecule has 0 aliphatic rings. The molecule has 0 bridgehead atoms. The van der Waals surface area contributed by atoms with Crippen LogP contribution in [0, 0.1) is 26.6 Å². The molecule has 0 saturated heterocycles. The highest BCUT2D eigenvalue weighted by Gasteiger charge is 2.23. The molecule has 0 fully saturated rings. The Morgan fingerprint density at radius 2 is 1.71 bits per heavy atom. The molecule has 2 heterocycles. The number of hydrogen-bond acceptors (Lipinski definition) is 5. The Labute approximate surface area is 291 Å². The van der Waals surface area contributed by atoms with E-state index in [0.29, 0.717) is 33.8 Å².